The van der Waals surface area contributed by atoms with Crippen molar-refractivity contribution in [3.05, 3.63) is 41.9 Å². The van der Waals surface area contributed by atoms with Crippen molar-refractivity contribution in [3.8, 4) is 0 Å². The smallest absolute Gasteiger partial charge is 0.165 e. The number of rotatable bonds is 3. The first kappa shape index (κ1) is 12.9. The van der Waals surface area contributed by atoms with E-state index in [9.17, 15) is 0 Å². The molecule has 0 atom stereocenters. The van der Waals surface area contributed by atoms with Crippen LogP contribution in [0.4, 0.5) is 11.5 Å². The van der Waals surface area contributed by atoms with E-state index >= 15 is 0 Å². The SMILES string of the molecule is CC(C)n1cnc2c(Nc3cccc(Cl)c3)ncnc21. The Kier molecular flexibility index (Phi) is 3.28. The topological polar surface area (TPSA) is 55.6 Å². The van der Waals surface area contributed by atoms with E-state index in [2.05, 4.69) is 34.1 Å². The molecule has 0 spiro atoms. The highest BCUT2D eigenvalue weighted by atomic mass is 35.5. The van der Waals surface area contributed by atoms with Gasteiger partial charge in [0, 0.05) is 16.8 Å². The van der Waals surface area contributed by atoms with E-state index in [1.54, 1.807) is 6.33 Å². The van der Waals surface area contributed by atoms with Crippen LogP contribution in [0.25, 0.3) is 11.2 Å². The first-order valence-corrected chi connectivity index (χ1v) is 6.73. The summed E-state index contributed by atoms with van der Waals surface area (Å²) in [6.45, 7) is 4.18. The second kappa shape index (κ2) is 5.09. The van der Waals surface area contributed by atoms with E-state index in [0.717, 1.165) is 16.9 Å². The summed E-state index contributed by atoms with van der Waals surface area (Å²) >= 11 is 5.98. The van der Waals surface area contributed by atoms with Gasteiger partial charge in [0.25, 0.3) is 0 Å². The highest BCUT2D eigenvalue weighted by Crippen LogP contribution is 2.24. The van der Waals surface area contributed by atoms with Crippen LogP contribution in [0, 0.1) is 0 Å². The van der Waals surface area contributed by atoms with Crippen LogP contribution in [-0.2, 0) is 0 Å². The summed E-state index contributed by atoms with van der Waals surface area (Å²) in [6, 6.07) is 7.79. The Bertz CT molecular complexity index is 750. The molecule has 0 aliphatic rings. The van der Waals surface area contributed by atoms with Gasteiger partial charge in [0.05, 0.1) is 6.33 Å². The zero-order valence-electron chi connectivity index (χ0n) is 11.2. The second-order valence-electron chi connectivity index (χ2n) is 4.78. The van der Waals surface area contributed by atoms with Crippen molar-refractivity contribution in [1.29, 1.82) is 0 Å². The summed E-state index contributed by atoms with van der Waals surface area (Å²) in [4.78, 5) is 13.0. The third kappa shape index (κ3) is 2.32. The molecule has 1 N–H and O–H groups in total. The Morgan fingerprint density at radius 3 is 2.80 bits per heavy atom. The third-order valence-electron chi connectivity index (χ3n) is 3.00. The molecule has 0 aliphatic carbocycles. The van der Waals surface area contributed by atoms with Gasteiger partial charge in [0.1, 0.15) is 6.33 Å². The maximum absolute atomic E-state index is 5.98. The van der Waals surface area contributed by atoms with Gasteiger partial charge < -0.3 is 9.88 Å². The molecule has 5 nitrogen and oxygen atoms in total. The van der Waals surface area contributed by atoms with Crippen molar-refractivity contribution in [1.82, 2.24) is 19.5 Å². The number of aromatic nitrogens is 4. The summed E-state index contributed by atoms with van der Waals surface area (Å²) in [6.07, 6.45) is 3.32. The molecule has 3 rings (SSSR count). The lowest BCUT2D eigenvalue weighted by molar-refractivity contribution is 0.612. The number of hydrogen-bond donors (Lipinski definition) is 1. The molecular weight excluding hydrogens is 274 g/mol. The van der Waals surface area contributed by atoms with Crippen molar-refractivity contribution >= 4 is 34.3 Å². The van der Waals surface area contributed by atoms with Crippen LogP contribution >= 0.6 is 11.6 Å². The van der Waals surface area contributed by atoms with E-state index in [0.29, 0.717) is 16.9 Å². The van der Waals surface area contributed by atoms with Gasteiger partial charge in [-0.15, -0.1) is 0 Å². The first-order valence-electron chi connectivity index (χ1n) is 6.35. The van der Waals surface area contributed by atoms with Gasteiger partial charge in [-0.3, -0.25) is 0 Å². The van der Waals surface area contributed by atoms with Crippen LogP contribution < -0.4 is 5.32 Å². The van der Waals surface area contributed by atoms with E-state index in [1.165, 1.54) is 6.33 Å². The number of fused-ring (bicyclic) bond motifs is 1. The minimum absolute atomic E-state index is 0.300. The summed E-state index contributed by atoms with van der Waals surface area (Å²) < 4.78 is 2.01. The molecule has 0 saturated carbocycles. The first-order chi connectivity index (χ1) is 9.65. The van der Waals surface area contributed by atoms with Crippen LogP contribution in [0.5, 0.6) is 0 Å². The molecule has 0 fully saturated rings. The predicted octanol–water partition coefficient (Wildman–Crippen LogP) is 3.80. The molecule has 2 heterocycles. The minimum atomic E-state index is 0.300. The maximum atomic E-state index is 5.98. The van der Waals surface area contributed by atoms with E-state index in [4.69, 9.17) is 11.6 Å². The van der Waals surface area contributed by atoms with Crippen LogP contribution in [0.15, 0.2) is 36.9 Å². The molecule has 0 unspecified atom stereocenters. The monoisotopic (exact) mass is 287 g/mol. The molecule has 0 bridgehead atoms. The molecule has 0 amide bonds. The Labute approximate surface area is 121 Å². The number of halogens is 1. The average molecular weight is 288 g/mol. The number of nitrogens with zero attached hydrogens (tertiary/aromatic N) is 4. The lowest BCUT2D eigenvalue weighted by atomic mass is 10.3. The number of imidazole rings is 1. The average Bonchev–Trinajstić information content (AvgIpc) is 2.84. The molecule has 2 aromatic heterocycles. The summed E-state index contributed by atoms with van der Waals surface area (Å²) in [5.41, 5.74) is 2.44. The molecule has 20 heavy (non-hydrogen) atoms. The molecule has 0 radical (unpaired) electrons. The molecule has 0 aliphatic heterocycles. The Morgan fingerprint density at radius 1 is 1.20 bits per heavy atom. The third-order valence-corrected chi connectivity index (χ3v) is 3.24. The van der Waals surface area contributed by atoms with Crippen LogP contribution in [0.3, 0.4) is 0 Å². The lowest BCUT2D eigenvalue weighted by Crippen LogP contribution is -2.01. The number of anilines is 2. The maximum Gasteiger partial charge on any atom is 0.165 e. The van der Waals surface area contributed by atoms with Gasteiger partial charge in [-0.05, 0) is 32.0 Å². The van der Waals surface area contributed by atoms with Crippen molar-refractivity contribution in [2.75, 3.05) is 5.32 Å². The fraction of sp³-hybridized carbons (Fsp3) is 0.214. The van der Waals surface area contributed by atoms with Gasteiger partial charge in [-0.25, -0.2) is 15.0 Å². The van der Waals surface area contributed by atoms with E-state index < -0.39 is 0 Å². The highest BCUT2D eigenvalue weighted by molar-refractivity contribution is 6.30. The van der Waals surface area contributed by atoms with E-state index in [-0.39, 0.29) is 0 Å². The van der Waals surface area contributed by atoms with E-state index in [1.807, 2.05) is 28.8 Å². The second-order valence-corrected chi connectivity index (χ2v) is 5.21. The standard InChI is InChI=1S/C14H14ClN5/c1-9(2)20-8-18-12-13(16-7-17-14(12)20)19-11-5-3-4-10(15)6-11/h3-9H,1-2H3,(H,16,17,19). The molecule has 6 heteroatoms. The van der Waals surface area contributed by atoms with Crippen LogP contribution in [0.1, 0.15) is 19.9 Å². The fourth-order valence-electron chi connectivity index (χ4n) is 2.02. The molecule has 0 saturated heterocycles. The molecule has 3 aromatic rings. The van der Waals surface area contributed by atoms with Crippen LogP contribution in [0.2, 0.25) is 5.02 Å². The Morgan fingerprint density at radius 2 is 2.05 bits per heavy atom. The Hall–Kier alpha value is -2.14. The van der Waals surface area contributed by atoms with Gasteiger partial charge in [0.15, 0.2) is 17.0 Å². The summed E-state index contributed by atoms with van der Waals surface area (Å²) in [5, 5.41) is 3.90. The lowest BCUT2D eigenvalue weighted by Gasteiger charge is -2.08. The summed E-state index contributed by atoms with van der Waals surface area (Å²) in [7, 11) is 0. The van der Waals surface area contributed by atoms with Gasteiger partial charge >= 0.3 is 0 Å². The fourth-order valence-corrected chi connectivity index (χ4v) is 2.21. The van der Waals surface area contributed by atoms with Crippen molar-refractivity contribution < 1.29 is 0 Å². The molecule has 102 valence electrons. The zero-order chi connectivity index (χ0) is 14.1. The van der Waals surface area contributed by atoms with Crippen molar-refractivity contribution in [2.24, 2.45) is 0 Å². The van der Waals surface area contributed by atoms with Gasteiger partial charge in [0.2, 0.25) is 0 Å². The number of hydrogen-bond acceptors (Lipinski definition) is 4. The van der Waals surface area contributed by atoms with Gasteiger partial charge in [-0.1, -0.05) is 17.7 Å². The largest absolute Gasteiger partial charge is 0.338 e. The minimum Gasteiger partial charge on any atom is -0.338 e. The van der Waals surface area contributed by atoms with Crippen molar-refractivity contribution in [3.63, 3.8) is 0 Å². The van der Waals surface area contributed by atoms with Crippen LogP contribution in [-0.4, -0.2) is 19.5 Å². The highest BCUT2D eigenvalue weighted by Gasteiger charge is 2.11. The molecule has 1 aromatic carbocycles. The summed E-state index contributed by atoms with van der Waals surface area (Å²) in [5.74, 6) is 0.677. The van der Waals surface area contributed by atoms with Crippen molar-refractivity contribution in [2.45, 2.75) is 19.9 Å². The zero-order valence-corrected chi connectivity index (χ0v) is 12.0. The molecular formula is C14H14ClN5. The predicted molar refractivity (Wildman–Crippen MR) is 80.4 cm³/mol. The van der Waals surface area contributed by atoms with Gasteiger partial charge in [-0.2, -0.15) is 0 Å². The quantitative estimate of drug-likeness (QED) is 0.796. The normalized spacial score (nSPS) is 11.2. The number of nitrogens with one attached hydrogen (secondary N) is 1. The Balaban J connectivity index is 2.04. The number of benzene rings is 1.